The zero-order chi connectivity index (χ0) is 14.9. The Morgan fingerprint density at radius 1 is 1.60 bits per heavy atom. The fourth-order valence-electron chi connectivity index (χ4n) is 2.17. The Hall–Kier alpha value is -2.02. The molecule has 1 aliphatic carbocycles. The highest BCUT2D eigenvalue weighted by Gasteiger charge is 2.41. The van der Waals surface area contributed by atoms with Gasteiger partial charge in [0.2, 0.25) is 0 Å². The molecule has 1 saturated carbocycles. The van der Waals surface area contributed by atoms with Gasteiger partial charge in [0.1, 0.15) is 5.82 Å². The van der Waals surface area contributed by atoms with Gasteiger partial charge in [0, 0.05) is 12.6 Å². The first kappa shape index (κ1) is 14.4. The Kier molecular flexibility index (Phi) is 3.71. The highest BCUT2D eigenvalue weighted by molar-refractivity contribution is 5.95. The first-order chi connectivity index (χ1) is 9.37. The molecule has 1 fully saturated rings. The fourth-order valence-corrected chi connectivity index (χ4v) is 2.17. The van der Waals surface area contributed by atoms with E-state index in [1.807, 2.05) is 6.92 Å². The number of hydrogen-bond acceptors (Lipinski definition) is 4. The second-order valence-electron chi connectivity index (χ2n) is 5.27. The molecule has 0 radical (unpaired) electrons. The van der Waals surface area contributed by atoms with E-state index < -0.39 is 22.2 Å². The van der Waals surface area contributed by atoms with Crippen molar-refractivity contribution in [2.75, 3.05) is 6.54 Å². The molecule has 3 N–H and O–H groups in total. The van der Waals surface area contributed by atoms with Gasteiger partial charge in [0.05, 0.1) is 22.1 Å². The van der Waals surface area contributed by atoms with Gasteiger partial charge in [-0.3, -0.25) is 14.9 Å². The molecule has 0 heterocycles. The van der Waals surface area contributed by atoms with Gasteiger partial charge in [-0.1, -0.05) is 0 Å². The molecule has 1 aromatic rings. The summed E-state index contributed by atoms with van der Waals surface area (Å²) in [5.41, 5.74) is 4.52. The van der Waals surface area contributed by atoms with Crippen LogP contribution < -0.4 is 11.1 Å². The van der Waals surface area contributed by atoms with E-state index in [0.717, 1.165) is 31.0 Å². The van der Waals surface area contributed by atoms with E-state index in [9.17, 15) is 19.3 Å². The van der Waals surface area contributed by atoms with Crippen LogP contribution in [0, 0.1) is 21.8 Å². The second kappa shape index (κ2) is 5.16. The van der Waals surface area contributed by atoms with Gasteiger partial charge in [-0.15, -0.1) is 0 Å². The number of nitrogens with zero attached hydrogens (tertiary/aromatic N) is 1. The molecule has 0 saturated heterocycles. The summed E-state index contributed by atoms with van der Waals surface area (Å²) in [6.07, 6.45) is 1.97. The van der Waals surface area contributed by atoms with Crippen molar-refractivity contribution in [2.24, 2.45) is 11.7 Å². The van der Waals surface area contributed by atoms with Gasteiger partial charge >= 0.3 is 0 Å². The molecular formula is C13H16FN3O3. The van der Waals surface area contributed by atoms with Gasteiger partial charge < -0.3 is 11.1 Å². The quantitative estimate of drug-likeness (QED) is 0.632. The molecule has 0 aliphatic heterocycles. The molecule has 6 nitrogen and oxygen atoms in total. The SMILES string of the molecule is CC(CN)(NC(=O)c1ccc([N+](=O)[O-])cc1F)C1CC1. The average molecular weight is 281 g/mol. The predicted octanol–water partition coefficient (Wildman–Crippen LogP) is 1.59. The fraction of sp³-hybridized carbons (Fsp3) is 0.462. The maximum Gasteiger partial charge on any atom is 0.272 e. The van der Waals surface area contributed by atoms with Crippen LogP contribution in [0.15, 0.2) is 18.2 Å². The van der Waals surface area contributed by atoms with Gasteiger partial charge in [0.15, 0.2) is 0 Å². The van der Waals surface area contributed by atoms with Gasteiger partial charge in [-0.25, -0.2) is 4.39 Å². The number of nitrogens with one attached hydrogen (secondary N) is 1. The summed E-state index contributed by atoms with van der Waals surface area (Å²) in [6, 6.07) is 2.97. The third kappa shape index (κ3) is 2.77. The average Bonchev–Trinajstić information content (AvgIpc) is 3.22. The zero-order valence-corrected chi connectivity index (χ0v) is 11.1. The molecule has 0 spiro atoms. The minimum atomic E-state index is -0.910. The summed E-state index contributed by atoms with van der Waals surface area (Å²) in [4.78, 5) is 21.9. The number of non-ortho nitro benzene ring substituents is 1. The van der Waals surface area contributed by atoms with Crippen LogP contribution in [0.4, 0.5) is 10.1 Å². The Morgan fingerprint density at radius 2 is 2.25 bits per heavy atom. The van der Waals surface area contributed by atoms with Crippen molar-refractivity contribution in [3.63, 3.8) is 0 Å². The van der Waals surface area contributed by atoms with Crippen molar-refractivity contribution in [2.45, 2.75) is 25.3 Å². The monoisotopic (exact) mass is 281 g/mol. The van der Waals surface area contributed by atoms with E-state index in [1.54, 1.807) is 0 Å². The van der Waals surface area contributed by atoms with Crippen LogP contribution in [0.3, 0.4) is 0 Å². The number of rotatable bonds is 5. The van der Waals surface area contributed by atoms with Crippen LogP contribution in [0.25, 0.3) is 0 Å². The maximum absolute atomic E-state index is 13.8. The molecule has 1 amide bonds. The number of hydrogen-bond donors (Lipinski definition) is 2. The summed E-state index contributed by atoms with van der Waals surface area (Å²) in [5.74, 6) is -1.21. The summed E-state index contributed by atoms with van der Waals surface area (Å²) >= 11 is 0. The Morgan fingerprint density at radius 3 is 2.70 bits per heavy atom. The van der Waals surface area contributed by atoms with Crippen LogP contribution in [0.2, 0.25) is 0 Å². The van der Waals surface area contributed by atoms with Crippen molar-refractivity contribution in [1.82, 2.24) is 5.32 Å². The molecule has 7 heteroatoms. The maximum atomic E-state index is 13.8. The number of amides is 1. The van der Waals surface area contributed by atoms with Gasteiger partial charge in [-0.2, -0.15) is 0 Å². The highest BCUT2D eigenvalue weighted by atomic mass is 19.1. The number of nitro benzene ring substituents is 1. The Balaban J connectivity index is 2.19. The van der Waals surface area contributed by atoms with Crippen molar-refractivity contribution in [3.8, 4) is 0 Å². The number of carbonyl (C=O) groups is 1. The van der Waals surface area contributed by atoms with E-state index in [0.29, 0.717) is 5.92 Å². The number of halogens is 1. The number of nitrogens with two attached hydrogens (primary N) is 1. The molecule has 20 heavy (non-hydrogen) atoms. The molecule has 108 valence electrons. The van der Waals surface area contributed by atoms with Crippen LogP contribution >= 0.6 is 0 Å². The van der Waals surface area contributed by atoms with Crippen LogP contribution in [0.5, 0.6) is 0 Å². The van der Waals surface area contributed by atoms with E-state index in [4.69, 9.17) is 5.73 Å². The molecule has 2 rings (SSSR count). The summed E-state index contributed by atoms with van der Waals surface area (Å²) in [6.45, 7) is 2.09. The highest BCUT2D eigenvalue weighted by Crippen LogP contribution is 2.39. The molecule has 0 aromatic heterocycles. The van der Waals surface area contributed by atoms with E-state index in [2.05, 4.69) is 5.32 Å². The van der Waals surface area contributed by atoms with Crippen molar-refractivity contribution in [3.05, 3.63) is 39.7 Å². The van der Waals surface area contributed by atoms with E-state index in [1.165, 1.54) is 0 Å². The van der Waals surface area contributed by atoms with Crippen molar-refractivity contribution >= 4 is 11.6 Å². The first-order valence-corrected chi connectivity index (χ1v) is 6.34. The lowest BCUT2D eigenvalue weighted by Gasteiger charge is -2.29. The van der Waals surface area contributed by atoms with Crippen LogP contribution in [-0.4, -0.2) is 22.9 Å². The topological polar surface area (TPSA) is 98.3 Å². The first-order valence-electron chi connectivity index (χ1n) is 6.34. The van der Waals surface area contributed by atoms with Gasteiger partial charge in [-0.05, 0) is 31.7 Å². The Bertz CT molecular complexity index is 560. The number of carbonyl (C=O) groups excluding carboxylic acids is 1. The molecular weight excluding hydrogens is 265 g/mol. The summed E-state index contributed by atoms with van der Waals surface area (Å²) in [5, 5.41) is 13.3. The lowest BCUT2D eigenvalue weighted by atomic mass is 9.95. The molecule has 1 aliphatic rings. The normalized spacial score (nSPS) is 17.4. The number of benzene rings is 1. The standard InChI is InChI=1S/C13H16FN3O3/c1-13(7-15,8-2-3-8)16-12(18)10-5-4-9(17(19)20)6-11(10)14/h4-6,8H,2-3,7,15H2,1H3,(H,16,18). The zero-order valence-electron chi connectivity index (χ0n) is 11.1. The van der Waals surface area contributed by atoms with E-state index in [-0.39, 0.29) is 17.8 Å². The Labute approximate surface area is 115 Å². The van der Waals surface area contributed by atoms with Crippen molar-refractivity contribution < 1.29 is 14.1 Å². The molecule has 1 aromatic carbocycles. The molecule has 1 unspecified atom stereocenters. The minimum absolute atomic E-state index is 0.212. The smallest absolute Gasteiger partial charge is 0.272 e. The lowest BCUT2D eigenvalue weighted by Crippen LogP contribution is -2.53. The minimum Gasteiger partial charge on any atom is -0.345 e. The summed E-state index contributed by atoms with van der Waals surface area (Å²) < 4.78 is 13.8. The van der Waals surface area contributed by atoms with Gasteiger partial charge in [0.25, 0.3) is 11.6 Å². The second-order valence-corrected chi connectivity index (χ2v) is 5.27. The van der Waals surface area contributed by atoms with Crippen LogP contribution in [0.1, 0.15) is 30.1 Å². The van der Waals surface area contributed by atoms with Crippen molar-refractivity contribution in [1.29, 1.82) is 0 Å². The number of nitro groups is 1. The third-order valence-electron chi connectivity index (χ3n) is 3.71. The van der Waals surface area contributed by atoms with Crippen LogP contribution in [-0.2, 0) is 0 Å². The lowest BCUT2D eigenvalue weighted by molar-refractivity contribution is -0.385. The summed E-state index contributed by atoms with van der Waals surface area (Å²) in [7, 11) is 0. The third-order valence-corrected chi connectivity index (χ3v) is 3.71. The predicted molar refractivity (Wildman–Crippen MR) is 70.7 cm³/mol. The molecule has 1 atom stereocenters. The largest absolute Gasteiger partial charge is 0.345 e. The van der Waals surface area contributed by atoms with E-state index >= 15 is 0 Å². The molecule has 0 bridgehead atoms.